The third-order valence-corrected chi connectivity index (χ3v) is 6.94. The number of rotatable bonds is 2. The zero-order valence-corrected chi connectivity index (χ0v) is 18.2. The van der Waals surface area contributed by atoms with Crippen molar-refractivity contribution in [2.24, 2.45) is 11.1 Å². The number of carbonyl (C=O) groups excluding carboxylic acids is 3. The van der Waals surface area contributed by atoms with Gasteiger partial charge in [0.1, 0.15) is 12.1 Å². The van der Waals surface area contributed by atoms with Crippen molar-refractivity contribution in [3.05, 3.63) is 29.8 Å². The van der Waals surface area contributed by atoms with Gasteiger partial charge in [-0.05, 0) is 29.9 Å². The Balaban J connectivity index is 1.61. The molecule has 0 aliphatic carbocycles. The second-order valence-corrected chi connectivity index (χ2v) is 9.93. The van der Waals surface area contributed by atoms with Crippen molar-refractivity contribution in [2.45, 2.75) is 63.6 Å². The molecule has 1 aromatic rings. The van der Waals surface area contributed by atoms with Crippen LogP contribution in [0.5, 0.6) is 0 Å². The van der Waals surface area contributed by atoms with Gasteiger partial charge in [-0.1, -0.05) is 39.0 Å². The average molecular weight is 424 g/mol. The number of nitriles is 1. The minimum Gasteiger partial charge on any atom is -0.329 e. The quantitative estimate of drug-likeness (QED) is 0.744. The predicted octanol–water partition coefficient (Wildman–Crippen LogP) is 1.37. The number of likely N-dealkylation sites (tertiary alicyclic amines) is 2. The number of benzene rings is 1. The van der Waals surface area contributed by atoms with E-state index < -0.39 is 29.0 Å². The first-order chi connectivity index (χ1) is 14.6. The van der Waals surface area contributed by atoms with Gasteiger partial charge in [0.15, 0.2) is 0 Å². The molecule has 4 rings (SSSR count). The zero-order valence-electron chi connectivity index (χ0n) is 18.2. The van der Waals surface area contributed by atoms with E-state index in [4.69, 9.17) is 5.73 Å². The molecule has 3 heterocycles. The van der Waals surface area contributed by atoms with Gasteiger partial charge in [-0.25, -0.2) is 0 Å². The highest BCUT2D eigenvalue weighted by atomic mass is 16.2. The molecule has 3 N–H and O–H groups in total. The maximum atomic E-state index is 13.6. The van der Waals surface area contributed by atoms with Gasteiger partial charge in [0.2, 0.25) is 17.7 Å². The van der Waals surface area contributed by atoms with E-state index in [1.807, 2.05) is 45.0 Å². The fraction of sp³-hybridized carbons (Fsp3) is 0.565. The van der Waals surface area contributed by atoms with E-state index in [2.05, 4.69) is 11.4 Å². The lowest BCUT2D eigenvalue weighted by molar-refractivity contribution is -0.146. The van der Waals surface area contributed by atoms with Crippen LogP contribution in [0.2, 0.25) is 0 Å². The van der Waals surface area contributed by atoms with Gasteiger partial charge in [0, 0.05) is 25.2 Å². The largest absolute Gasteiger partial charge is 0.329 e. The number of nitrogens with zero attached hydrogens (tertiary/aromatic N) is 3. The van der Waals surface area contributed by atoms with Gasteiger partial charge in [-0.15, -0.1) is 0 Å². The van der Waals surface area contributed by atoms with E-state index in [-0.39, 0.29) is 30.7 Å². The summed E-state index contributed by atoms with van der Waals surface area (Å²) in [5.41, 5.74) is 6.39. The molecule has 0 bridgehead atoms. The summed E-state index contributed by atoms with van der Waals surface area (Å²) in [6, 6.07) is 7.54. The Morgan fingerprint density at radius 1 is 1.29 bits per heavy atom. The fourth-order valence-corrected chi connectivity index (χ4v) is 5.01. The van der Waals surface area contributed by atoms with Gasteiger partial charge in [0.05, 0.1) is 17.5 Å². The Morgan fingerprint density at radius 3 is 2.68 bits per heavy atom. The monoisotopic (exact) mass is 423 g/mol. The molecule has 1 aromatic carbocycles. The average Bonchev–Trinajstić information content (AvgIpc) is 3.43. The number of fused-ring (bicyclic) bond motifs is 2. The molecule has 31 heavy (non-hydrogen) atoms. The molecule has 2 saturated heterocycles. The molecule has 3 aliphatic rings. The molecular weight excluding hydrogens is 394 g/mol. The second-order valence-electron chi connectivity index (χ2n) is 9.93. The van der Waals surface area contributed by atoms with Gasteiger partial charge in [-0.3, -0.25) is 14.4 Å². The summed E-state index contributed by atoms with van der Waals surface area (Å²) < 4.78 is 0. The van der Waals surface area contributed by atoms with Crippen LogP contribution in [0.3, 0.4) is 0 Å². The van der Waals surface area contributed by atoms with Gasteiger partial charge in [-0.2, -0.15) is 5.26 Å². The standard InChI is InChI=1S/C23H29N5O3/c1-22(2,3)18(25)20(30)27-10-6-9-17(27)19(29)28-13-23(11-14(28)12-24)15-7-4-5-8-16(15)26-21(23)31/h4-5,7-8,14,17-18H,6,9-11,13,25H2,1-3H3,(H,26,31)/t14-,17-,18?,23-/m0/s1. The lowest BCUT2D eigenvalue weighted by atomic mass is 9.80. The Bertz CT molecular complexity index is 978. The highest BCUT2D eigenvalue weighted by Crippen LogP contribution is 2.46. The van der Waals surface area contributed by atoms with Crippen molar-refractivity contribution in [3.63, 3.8) is 0 Å². The number of hydrogen-bond acceptors (Lipinski definition) is 5. The number of nitrogens with one attached hydrogen (secondary N) is 1. The van der Waals surface area contributed by atoms with Crippen molar-refractivity contribution in [2.75, 3.05) is 18.4 Å². The molecule has 3 aliphatic heterocycles. The van der Waals surface area contributed by atoms with Crippen LogP contribution in [-0.2, 0) is 19.8 Å². The van der Waals surface area contributed by atoms with Gasteiger partial charge >= 0.3 is 0 Å². The summed E-state index contributed by atoms with van der Waals surface area (Å²) in [6.07, 6.45) is 1.49. The molecule has 8 heteroatoms. The van der Waals surface area contributed by atoms with Crippen LogP contribution in [-0.4, -0.2) is 58.7 Å². The van der Waals surface area contributed by atoms with Crippen molar-refractivity contribution in [3.8, 4) is 6.07 Å². The lowest BCUT2D eigenvalue weighted by Gasteiger charge is -2.34. The van der Waals surface area contributed by atoms with Crippen molar-refractivity contribution in [1.29, 1.82) is 5.26 Å². The topological polar surface area (TPSA) is 120 Å². The molecule has 0 radical (unpaired) electrons. The van der Waals surface area contributed by atoms with Crippen molar-refractivity contribution in [1.82, 2.24) is 9.80 Å². The minimum atomic E-state index is -0.929. The number of hydrogen-bond donors (Lipinski definition) is 2. The Kier molecular flexibility index (Phi) is 5.05. The first-order valence-corrected chi connectivity index (χ1v) is 10.8. The Labute approximate surface area is 182 Å². The van der Waals surface area contributed by atoms with Crippen LogP contribution in [0.25, 0.3) is 0 Å². The molecule has 0 saturated carbocycles. The molecular formula is C23H29N5O3. The van der Waals surface area contributed by atoms with Gasteiger partial charge < -0.3 is 20.9 Å². The summed E-state index contributed by atoms with van der Waals surface area (Å²) in [4.78, 5) is 42.6. The van der Waals surface area contributed by atoms with E-state index in [0.29, 0.717) is 19.4 Å². The maximum absolute atomic E-state index is 13.6. The van der Waals surface area contributed by atoms with Crippen molar-refractivity contribution < 1.29 is 14.4 Å². The number of anilines is 1. The molecule has 1 unspecified atom stereocenters. The van der Waals surface area contributed by atoms with E-state index in [1.165, 1.54) is 4.90 Å². The van der Waals surface area contributed by atoms with E-state index in [1.54, 1.807) is 4.90 Å². The number of para-hydroxylation sites is 1. The summed E-state index contributed by atoms with van der Waals surface area (Å²) in [5, 5.41) is 12.7. The predicted molar refractivity (Wildman–Crippen MR) is 115 cm³/mol. The van der Waals surface area contributed by atoms with Crippen LogP contribution >= 0.6 is 0 Å². The Morgan fingerprint density at radius 2 is 2.00 bits per heavy atom. The van der Waals surface area contributed by atoms with Crippen LogP contribution < -0.4 is 11.1 Å². The third kappa shape index (κ3) is 3.28. The summed E-state index contributed by atoms with van der Waals surface area (Å²) >= 11 is 0. The highest BCUT2D eigenvalue weighted by molar-refractivity contribution is 6.07. The SMILES string of the molecule is CC(C)(C)C(N)C(=O)N1CCC[C@H]1C(=O)N1C[C@]2(C[C@H]1C#N)C(=O)Nc1ccccc12. The van der Waals surface area contributed by atoms with Crippen LogP contribution in [0.1, 0.15) is 45.6 Å². The third-order valence-electron chi connectivity index (χ3n) is 6.94. The zero-order chi connectivity index (χ0) is 22.6. The first-order valence-electron chi connectivity index (χ1n) is 10.8. The molecule has 3 amide bonds. The molecule has 164 valence electrons. The van der Waals surface area contributed by atoms with Gasteiger partial charge in [0.25, 0.3) is 0 Å². The van der Waals surface area contributed by atoms with Crippen LogP contribution in [0, 0.1) is 16.7 Å². The lowest BCUT2D eigenvalue weighted by Crippen LogP contribution is -2.56. The fourth-order valence-electron chi connectivity index (χ4n) is 5.01. The van der Waals surface area contributed by atoms with E-state index >= 15 is 0 Å². The smallest absolute Gasteiger partial charge is 0.246 e. The molecule has 1 spiro atoms. The number of nitrogens with two attached hydrogens (primary N) is 1. The molecule has 2 fully saturated rings. The molecule has 4 atom stereocenters. The molecule has 0 aromatic heterocycles. The normalized spacial score (nSPS) is 28.4. The summed E-state index contributed by atoms with van der Waals surface area (Å²) in [6.45, 7) is 6.30. The highest BCUT2D eigenvalue weighted by Gasteiger charge is 2.57. The number of carbonyl (C=O) groups is 3. The van der Waals surface area contributed by atoms with Crippen molar-refractivity contribution >= 4 is 23.4 Å². The van der Waals surface area contributed by atoms with E-state index in [9.17, 15) is 19.6 Å². The molecule has 8 nitrogen and oxygen atoms in total. The maximum Gasteiger partial charge on any atom is 0.246 e. The Hall–Kier alpha value is -2.92. The number of amides is 3. The first kappa shape index (κ1) is 21.3. The van der Waals surface area contributed by atoms with Crippen LogP contribution in [0.15, 0.2) is 24.3 Å². The van der Waals surface area contributed by atoms with E-state index in [0.717, 1.165) is 11.3 Å². The second kappa shape index (κ2) is 7.34. The minimum absolute atomic E-state index is 0.136. The summed E-state index contributed by atoms with van der Waals surface area (Å²) in [5.74, 6) is -0.694. The van der Waals surface area contributed by atoms with Crippen LogP contribution in [0.4, 0.5) is 5.69 Å². The summed E-state index contributed by atoms with van der Waals surface area (Å²) in [7, 11) is 0.